The SMILES string of the molecule is CCCCOc1ccccc1[C@H]1C(C(=O)OCCOC)=C(C)NC2=C1C(=O)CCC2. The van der Waals surface area contributed by atoms with E-state index in [1.54, 1.807) is 7.11 Å². The highest BCUT2D eigenvalue weighted by Gasteiger charge is 2.40. The Morgan fingerprint density at radius 1 is 1.17 bits per heavy atom. The molecule has 3 rings (SSSR count). The van der Waals surface area contributed by atoms with Gasteiger partial charge in [-0.3, -0.25) is 4.79 Å². The summed E-state index contributed by atoms with van der Waals surface area (Å²) in [5.41, 5.74) is 3.59. The molecule has 1 atom stereocenters. The van der Waals surface area contributed by atoms with Crippen molar-refractivity contribution in [1.82, 2.24) is 5.32 Å². The zero-order chi connectivity index (χ0) is 21.5. The van der Waals surface area contributed by atoms with Crippen LogP contribution in [0.15, 0.2) is 46.8 Å². The van der Waals surface area contributed by atoms with Crippen LogP contribution >= 0.6 is 0 Å². The Kier molecular flexibility index (Phi) is 7.69. The number of carbonyl (C=O) groups excluding carboxylic acids is 2. The van der Waals surface area contributed by atoms with Gasteiger partial charge in [0.25, 0.3) is 0 Å². The zero-order valence-corrected chi connectivity index (χ0v) is 18.1. The lowest BCUT2D eigenvalue weighted by molar-refractivity contribution is -0.140. The number of carbonyl (C=O) groups is 2. The molecule has 0 fully saturated rings. The van der Waals surface area contributed by atoms with Crippen molar-refractivity contribution in [3.63, 3.8) is 0 Å². The third kappa shape index (κ3) is 4.75. The smallest absolute Gasteiger partial charge is 0.336 e. The van der Waals surface area contributed by atoms with Crippen molar-refractivity contribution in [3.05, 3.63) is 52.4 Å². The fourth-order valence-corrected chi connectivity index (χ4v) is 4.04. The quantitative estimate of drug-likeness (QED) is 0.487. The molecule has 0 aromatic heterocycles. The minimum Gasteiger partial charge on any atom is -0.493 e. The first-order valence-electron chi connectivity index (χ1n) is 10.7. The fourth-order valence-electron chi connectivity index (χ4n) is 4.04. The molecule has 0 unspecified atom stereocenters. The molecule has 0 amide bonds. The van der Waals surface area contributed by atoms with E-state index >= 15 is 0 Å². The molecule has 30 heavy (non-hydrogen) atoms. The molecule has 1 aliphatic heterocycles. The van der Waals surface area contributed by atoms with Crippen molar-refractivity contribution in [2.75, 3.05) is 26.9 Å². The Bertz CT molecular complexity index is 855. The molecule has 0 saturated carbocycles. The van der Waals surface area contributed by atoms with Gasteiger partial charge in [-0.05, 0) is 32.3 Å². The van der Waals surface area contributed by atoms with Gasteiger partial charge >= 0.3 is 5.97 Å². The van der Waals surface area contributed by atoms with Crippen LogP contribution in [0.4, 0.5) is 0 Å². The van der Waals surface area contributed by atoms with Crippen molar-refractivity contribution in [3.8, 4) is 5.75 Å². The van der Waals surface area contributed by atoms with E-state index in [9.17, 15) is 9.59 Å². The summed E-state index contributed by atoms with van der Waals surface area (Å²) in [4.78, 5) is 26.1. The molecule has 0 radical (unpaired) electrons. The molecule has 1 N–H and O–H groups in total. The zero-order valence-electron chi connectivity index (χ0n) is 18.1. The Hall–Kier alpha value is -2.60. The Morgan fingerprint density at radius 2 is 1.97 bits per heavy atom. The highest BCUT2D eigenvalue weighted by atomic mass is 16.6. The number of ether oxygens (including phenoxy) is 3. The molecule has 6 heteroatoms. The molecule has 0 spiro atoms. The molecule has 0 bridgehead atoms. The second-order valence-corrected chi connectivity index (χ2v) is 7.63. The van der Waals surface area contributed by atoms with Gasteiger partial charge in [0.1, 0.15) is 12.4 Å². The molecular formula is C24H31NO5. The van der Waals surface area contributed by atoms with E-state index in [0.717, 1.165) is 42.6 Å². The topological polar surface area (TPSA) is 73.9 Å². The van der Waals surface area contributed by atoms with Crippen molar-refractivity contribution in [1.29, 1.82) is 0 Å². The average Bonchev–Trinajstić information content (AvgIpc) is 2.73. The van der Waals surface area contributed by atoms with Crippen LogP contribution in [0.1, 0.15) is 57.4 Å². The van der Waals surface area contributed by atoms with E-state index in [2.05, 4.69) is 12.2 Å². The van der Waals surface area contributed by atoms with E-state index in [1.807, 2.05) is 31.2 Å². The van der Waals surface area contributed by atoms with Crippen LogP contribution in [0, 0.1) is 0 Å². The maximum Gasteiger partial charge on any atom is 0.336 e. The minimum atomic E-state index is -0.498. The number of dihydropyridines is 1. The molecule has 1 aliphatic carbocycles. The van der Waals surface area contributed by atoms with Crippen molar-refractivity contribution < 1.29 is 23.8 Å². The van der Waals surface area contributed by atoms with Crippen LogP contribution in [0.3, 0.4) is 0 Å². The van der Waals surface area contributed by atoms with E-state index in [-0.39, 0.29) is 12.4 Å². The molecule has 1 aromatic rings. The number of hydrogen-bond donors (Lipinski definition) is 1. The first-order valence-corrected chi connectivity index (χ1v) is 10.7. The Morgan fingerprint density at radius 3 is 2.73 bits per heavy atom. The van der Waals surface area contributed by atoms with E-state index in [0.29, 0.717) is 36.5 Å². The van der Waals surface area contributed by atoms with Gasteiger partial charge < -0.3 is 19.5 Å². The van der Waals surface area contributed by atoms with Gasteiger partial charge in [-0.2, -0.15) is 0 Å². The number of nitrogens with one attached hydrogen (secondary N) is 1. The maximum absolute atomic E-state index is 13.1. The van der Waals surface area contributed by atoms with Crippen LogP contribution < -0.4 is 10.1 Å². The van der Waals surface area contributed by atoms with Crippen LogP contribution in [-0.2, 0) is 19.1 Å². The van der Waals surface area contributed by atoms with Crippen LogP contribution in [0.25, 0.3) is 0 Å². The average molecular weight is 414 g/mol. The van der Waals surface area contributed by atoms with Crippen molar-refractivity contribution >= 4 is 11.8 Å². The number of unbranched alkanes of at least 4 members (excludes halogenated alkanes) is 1. The number of methoxy groups -OCH3 is 1. The number of allylic oxidation sites excluding steroid dienone is 3. The molecule has 2 aliphatic rings. The fraction of sp³-hybridized carbons (Fsp3) is 0.500. The van der Waals surface area contributed by atoms with Gasteiger partial charge in [0.2, 0.25) is 0 Å². The summed E-state index contributed by atoms with van der Waals surface area (Å²) in [6.45, 7) is 5.05. The molecule has 6 nitrogen and oxygen atoms in total. The Balaban J connectivity index is 2.05. The summed E-state index contributed by atoms with van der Waals surface area (Å²) in [6.07, 6.45) is 4.06. The number of esters is 1. The number of benzene rings is 1. The highest BCUT2D eigenvalue weighted by molar-refractivity contribution is 6.04. The number of hydrogen-bond acceptors (Lipinski definition) is 6. The lowest BCUT2D eigenvalue weighted by Crippen LogP contribution is -2.34. The number of rotatable bonds is 9. The first kappa shape index (κ1) is 22.1. The molecule has 0 saturated heterocycles. The summed E-state index contributed by atoms with van der Waals surface area (Å²) in [5.74, 6) is -0.151. The summed E-state index contributed by atoms with van der Waals surface area (Å²) in [5, 5.41) is 3.31. The van der Waals surface area contributed by atoms with E-state index in [4.69, 9.17) is 14.2 Å². The summed E-state index contributed by atoms with van der Waals surface area (Å²) in [6, 6.07) is 7.68. The highest BCUT2D eigenvalue weighted by Crippen LogP contribution is 2.45. The number of ketones is 1. The molecule has 1 aromatic carbocycles. The number of para-hydroxylation sites is 1. The van der Waals surface area contributed by atoms with Gasteiger partial charge in [-0.15, -0.1) is 0 Å². The van der Waals surface area contributed by atoms with Gasteiger partial charge in [0.15, 0.2) is 5.78 Å². The first-order chi connectivity index (χ1) is 14.6. The molecule has 1 heterocycles. The standard InChI is InChI=1S/C24H31NO5/c1-4-5-13-29-20-12-7-6-9-17(20)22-21(24(27)30-15-14-28-3)16(2)25-18-10-8-11-19(26)23(18)22/h6-7,9,12,22,25H,4-5,8,10-11,13-15H2,1-3H3/t22-/m0/s1. The lowest BCUT2D eigenvalue weighted by Gasteiger charge is -2.34. The van der Waals surface area contributed by atoms with E-state index < -0.39 is 11.9 Å². The van der Waals surface area contributed by atoms with Crippen molar-refractivity contribution in [2.45, 2.75) is 51.9 Å². The van der Waals surface area contributed by atoms with Crippen LogP contribution in [0.5, 0.6) is 5.75 Å². The largest absolute Gasteiger partial charge is 0.493 e. The monoisotopic (exact) mass is 413 g/mol. The van der Waals surface area contributed by atoms with Gasteiger partial charge in [-0.1, -0.05) is 31.5 Å². The summed E-state index contributed by atoms with van der Waals surface area (Å²) < 4.78 is 16.5. The lowest BCUT2D eigenvalue weighted by atomic mass is 9.75. The van der Waals surface area contributed by atoms with Gasteiger partial charge in [-0.25, -0.2) is 4.79 Å². The normalized spacial score (nSPS) is 18.8. The third-order valence-corrected chi connectivity index (χ3v) is 5.50. The Labute approximate surface area is 178 Å². The van der Waals surface area contributed by atoms with Crippen LogP contribution in [0.2, 0.25) is 0 Å². The second kappa shape index (κ2) is 10.4. The second-order valence-electron chi connectivity index (χ2n) is 7.63. The number of Topliss-reactive ketones (excluding diaryl/α,β-unsaturated/α-hetero) is 1. The van der Waals surface area contributed by atoms with Crippen LogP contribution in [-0.4, -0.2) is 38.7 Å². The van der Waals surface area contributed by atoms with Gasteiger partial charge in [0, 0.05) is 36.1 Å². The summed E-state index contributed by atoms with van der Waals surface area (Å²) in [7, 11) is 1.56. The van der Waals surface area contributed by atoms with E-state index in [1.165, 1.54) is 0 Å². The molecular weight excluding hydrogens is 382 g/mol. The molecule has 162 valence electrons. The predicted molar refractivity (Wildman–Crippen MR) is 114 cm³/mol. The maximum atomic E-state index is 13.1. The minimum absolute atomic E-state index is 0.0757. The van der Waals surface area contributed by atoms with Crippen molar-refractivity contribution in [2.24, 2.45) is 0 Å². The third-order valence-electron chi connectivity index (χ3n) is 5.50. The predicted octanol–water partition coefficient (Wildman–Crippen LogP) is 4.02. The van der Waals surface area contributed by atoms with Gasteiger partial charge in [0.05, 0.1) is 24.7 Å². The summed E-state index contributed by atoms with van der Waals surface area (Å²) >= 11 is 0.